The van der Waals surface area contributed by atoms with Crippen molar-refractivity contribution in [2.75, 3.05) is 0 Å². The van der Waals surface area contributed by atoms with Gasteiger partial charge in [-0.05, 0) is 13.3 Å². The van der Waals surface area contributed by atoms with Crippen LogP contribution in [0, 0.1) is 0 Å². The molecule has 52 valence electrons. The highest BCUT2D eigenvalue weighted by molar-refractivity contribution is 7.81. The Balaban J connectivity index is 2.62. The molecule has 0 spiro atoms. The Bertz CT molecular complexity index is 146. The van der Waals surface area contributed by atoms with E-state index in [1.807, 2.05) is 0 Å². The lowest BCUT2D eigenvalue weighted by atomic mass is 10.2. The van der Waals surface area contributed by atoms with Crippen molar-refractivity contribution in [3.63, 3.8) is 0 Å². The maximum Gasteiger partial charge on any atom is 0.152 e. The van der Waals surface area contributed by atoms with Crippen LogP contribution < -0.4 is 11.3 Å². The second-order valence-electron chi connectivity index (χ2n) is 2.39. The lowest BCUT2D eigenvalue weighted by molar-refractivity contribution is -0.119. The van der Waals surface area contributed by atoms with Crippen LogP contribution in [0.4, 0.5) is 0 Å². The zero-order chi connectivity index (χ0) is 7.07. The summed E-state index contributed by atoms with van der Waals surface area (Å²) in [6.07, 6.45) is 0.752. The number of thiol groups is 1. The van der Waals surface area contributed by atoms with Crippen LogP contribution in [0.5, 0.6) is 0 Å². The molecule has 9 heavy (non-hydrogen) atoms. The van der Waals surface area contributed by atoms with E-state index in [1.54, 1.807) is 0 Å². The number of hydrogen-bond acceptors (Lipinski definition) is 4. The Morgan fingerprint density at radius 3 is 2.44 bits per heavy atom. The normalized spacial score (nSPS) is 40.6. The van der Waals surface area contributed by atoms with Crippen LogP contribution in [-0.2, 0) is 4.79 Å². The molecule has 0 radical (unpaired) electrons. The van der Waals surface area contributed by atoms with Gasteiger partial charge in [-0.2, -0.15) is 12.6 Å². The molecule has 2 atom stereocenters. The van der Waals surface area contributed by atoms with Crippen molar-refractivity contribution in [3.8, 4) is 0 Å². The molecule has 1 rings (SSSR count). The Morgan fingerprint density at radius 1 is 2.00 bits per heavy atom. The summed E-state index contributed by atoms with van der Waals surface area (Å²) in [6, 6.07) is 0. The molecule has 3 nitrogen and oxygen atoms in total. The van der Waals surface area contributed by atoms with Crippen molar-refractivity contribution < 1.29 is 4.79 Å². The molecule has 0 bridgehead atoms. The second-order valence-corrected chi connectivity index (χ2v) is 3.02. The third-order valence-electron chi connectivity index (χ3n) is 1.81. The molecule has 0 heterocycles. The Morgan fingerprint density at radius 2 is 2.44 bits per heavy atom. The fraction of sp³-hybridized carbons (Fsp3) is 0.800. The van der Waals surface area contributed by atoms with Crippen LogP contribution in [-0.4, -0.2) is 16.6 Å². The summed E-state index contributed by atoms with van der Waals surface area (Å²) in [5.41, 5.74) is 1.98. The third kappa shape index (κ3) is 0.870. The molecule has 1 aliphatic carbocycles. The van der Waals surface area contributed by atoms with Crippen molar-refractivity contribution in [2.45, 2.75) is 24.1 Å². The summed E-state index contributed by atoms with van der Waals surface area (Å²) in [5, 5.41) is 0.111. The van der Waals surface area contributed by atoms with Crippen molar-refractivity contribution in [2.24, 2.45) is 5.84 Å². The van der Waals surface area contributed by atoms with E-state index < -0.39 is 5.54 Å². The maximum absolute atomic E-state index is 10.8. The minimum Gasteiger partial charge on any atom is -0.298 e. The first kappa shape index (κ1) is 7.05. The molecule has 1 saturated carbocycles. The Kier molecular flexibility index (Phi) is 1.54. The van der Waals surface area contributed by atoms with Gasteiger partial charge in [0.2, 0.25) is 0 Å². The van der Waals surface area contributed by atoms with E-state index in [0.717, 1.165) is 6.42 Å². The number of nitrogens with two attached hydrogens (primary N) is 1. The molecule has 0 aromatic heterocycles. The molecule has 2 unspecified atom stereocenters. The minimum absolute atomic E-state index is 0.0741. The number of hydrazine groups is 1. The number of carbonyl (C=O) groups excluding carboxylic acids is 1. The van der Waals surface area contributed by atoms with Gasteiger partial charge < -0.3 is 0 Å². The van der Waals surface area contributed by atoms with E-state index in [-0.39, 0.29) is 11.0 Å². The highest BCUT2D eigenvalue weighted by Crippen LogP contribution is 2.40. The number of Topliss-reactive ketones (excluding diaryl/α,β-unsaturated/α-hetero) is 1. The number of hydrogen-bond donors (Lipinski definition) is 3. The van der Waals surface area contributed by atoms with Gasteiger partial charge in [-0.15, -0.1) is 0 Å². The molecule has 0 aromatic rings. The van der Waals surface area contributed by atoms with Crippen molar-refractivity contribution in [3.05, 3.63) is 0 Å². The molecule has 4 heteroatoms. The molecule has 3 N–H and O–H groups in total. The lowest BCUT2D eigenvalue weighted by Crippen LogP contribution is -2.44. The van der Waals surface area contributed by atoms with E-state index in [4.69, 9.17) is 5.84 Å². The zero-order valence-electron chi connectivity index (χ0n) is 5.22. The van der Waals surface area contributed by atoms with E-state index in [2.05, 4.69) is 18.1 Å². The number of carbonyl (C=O) groups is 1. The number of rotatable bonds is 2. The van der Waals surface area contributed by atoms with E-state index in [1.165, 1.54) is 6.92 Å². The van der Waals surface area contributed by atoms with Crippen LogP contribution >= 0.6 is 12.6 Å². The van der Waals surface area contributed by atoms with Crippen LogP contribution in [0.25, 0.3) is 0 Å². The van der Waals surface area contributed by atoms with E-state index >= 15 is 0 Å². The van der Waals surface area contributed by atoms with Crippen molar-refractivity contribution >= 4 is 18.4 Å². The SMILES string of the molecule is CC(=O)C1(NN)CC1S. The monoisotopic (exact) mass is 146 g/mol. The molecule has 1 fully saturated rings. The van der Waals surface area contributed by atoms with Crippen LogP contribution in [0.3, 0.4) is 0 Å². The summed E-state index contributed by atoms with van der Waals surface area (Å²) in [5.74, 6) is 5.21. The average Bonchev–Trinajstić information content (AvgIpc) is 2.43. The van der Waals surface area contributed by atoms with Crippen molar-refractivity contribution in [1.82, 2.24) is 5.43 Å². The van der Waals surface area contributed by atoms with Crippen molar-refractivity contribution in [1.29, 1.82) is 0 Å². The third-order valence-corrected chi connectivity index (χ3v) is 2.43. The summed E-state index contributed by atoms with van der Waals surface area (Å²) in [7, 11) is 0. The molecular formula is C5H10N2OS. The molecule has 0 aliphatic heterocycles. The van der Waals surface area contributed by atoms with Crippen LogP contribution in [0.1, 0.15) is 13.3 Å². The number of nitrogens with one attached hydrogen (secondary N) is 1. The fourth-order valence-corrected chi connectivity index (χ4v) is 1.43. The maximum atomic E-state index is 10.8. The molecule has 0 amide bonds. The average molecular weight is 146 g/mol. The summed E-state index contributed by atoms with van der Waals surface area (Å²) < 4.78 is 0. The molecule has 0 aromatic carbocycles. The zero-order valence-corrected chi connectivity index (χ0v) is 6.11. The van der Waals surface area contributed by atoms with Crippen LogP contribution in [0.15, 0.2) is 0 Å². The minimum atomic E-state index is -0.497. The largest absolute Gasteiger partial charge is 0.298 e. The van der Waals surface area contributed by atoms with E-state index in [9.17, 15) is 4.79 Å². The van der Waals surface area contributed by atoms with Gasteiger partial charge in [0.25, 0.3) is 0 Å². The Hall–Kier alpha value is -0.0600. The fourth-order valence-electron chi connectivity index (χ4n) is 0.881. The van der Waals surface area contributed by atoms with Crippen LogP contribution in [0.2, 0.25) is 0 Å². The molecule has 0 saturated heterocycles. The van der Waals surface area contributed by atoms with Gasteiger partial charge in [0, 0.05) is 5.25 Å². The highest BCUT2D eigenvalue weighted by Gasteiger charge is 2.55. The first-order valence-corrected chi connectivity index (χ1v) is 3.32. The quantitative estimate of drug-likeness (QED) is 0.279. The second kappa shape index (κ2) is 1.97. The topological polar surface area (TPSA) is 55.1 Å². The summed E-state index contributed by atoms with van der Waals surface area (Å²) in [4.78, 5) is 10.8. The smallest absolute Gasteiger partial charge is 0.152 e. The molecule has 1 aliphatic rings. The highest BCUT2D eigenvalue weighted by atomic mass is 32.1. The Labute approximate surface area is 59.4 Å². The predicted octanol–water partition coefficient (Wildman–Crippen LogP) is -0.520. The van der Waals surface area contributed by atoms with Gasteiger partial charge in [0.1, 0.15) is 5.54 Å². The molecular weight excluding hydrogens is 136 g/mol. The first-order chi connectivity index (χ1) is 4.13. The summed E-state index contributed by atoms with van der Waals surface area (Å²) in [6.45, 7) is 1.52. The van der Waals surface area contributed by atoms with E-state index in [0.29, 0.717) is 0 Å². The summed E-state index contributed by atoms with van der Waals surface area (Å²) >= 11 is 4.11. The van der Waals surface area contributed by atoms with Gasteiger partial charge in [-0.25, -0.2) is 5.43 Å². The first-order valence-electron chi connectivity index (χ1n) is 2.80. The predicted molar refractivity (Wildman–Crippen MR) is 38.1 cm³/mol. The van der Waals surface area contributed by atoms with Gasteiger partial charge >= 0.3 is 0 Å². The van der Waals surface area contributed by atoms with Gasteiger partial charge in [-0.1, -0.05) is 0 Å². The number of ketones is 1. The standard InChI is InChI=1S/C5H10N2OS/c1-3(8)5(7-6)2-4(5)9/h4,7,9H,2,6H2,1H3. The van der Waals surface area contributed by atoms with Gasteiger partial charge in [-0.3, -0.25) is 10.6 Å². The van der Waals surface area contributed by atoms with Gasteiger partial charge in [0.15, 0.2) is 5.78 Å². The lowest BCUT2D eigenvalue weighted by Gasteiger charge is -2.08. The van der Waals surface area contributed by atoms with Gasteiger partial charge in [0.05, 0.1) is 0 Å².